The van der Waals surface area contributed by atoms with Gasteiger partial charge in [-0.3, -0.25) is 13.9 Å². The number of benzene rings is 3. The number of carbonyl (C=O) groups is 2. The lowest BCUT2D eigenvalue weighted by atomic mass is 10.0. The zero-order valence-electron chi connectivity index (χ0n) is 27.2. The van der Waals surface area contributed by atoms with Gasteiger partial charge in [-0.25, -0.2) is 17.2 Å². The summed E-state index contributed by atoms with van der Waals surface area (Å²) in [6, 6.07) is 14.0. The molecule has 11 nitrogen and oxygen atoms in total. The molecule has 0 aliphatic heterocycles. The van der Waals surface area contributed by atoms with E-state index in [4.69, 9.17) is 14.2 Å². The van der Waals surface area contributed by atoms with Gasteiger partial charge in [0.2, 0.25) is 10.0 Å². The fraction of sp³-hybridized carbons (Fsp3) is 0.353. The molecule has 0 aromatic heterocycles. The summed E-state index contributed by atoms with van der Waals surface area (Å²) in [7, 11) is -1.10. The predicted molar refractivity (Wildman–Crippen MR) is 178 cm³/mol. The van der Waals surface area contributed by atoms with Crippen LogP contribution in [0.2, 0.25) is 0 Å². The van der Waals surface area contributed by atoms with Crippen molar-refractivity contribution in [1.29, 1.82) is 0 Å². The summed E-state index contributed by atoms with van der Waals surface area (Å²) >= 11 is 0. The topological polar surface area (TPSA) is 143 Å². The molecule has 0 bridgehead atoms. The molecule has 260 valence electrons. The molecule has 1 unspecified atom stereocenters. The van der Waals surface area contributed by atoms with Crippen LogP contribution < -0.4 is 19.7 Å². The van der Waals surface area contributed by atoms with Crippen LogP contribution in [-0.2, 0) is 19.5 Å². The van der Waals surface area contributed by atoms with Gasteiger partial charge in [0.15, 0.2) is 0 Å². The van der Waals surface area contributed by atoms with Crippen molar-refractivity contribution in [3.05, 3.63) is 108 Å². The SMILES string of the molecule is C=CCOC[C@@H](CC(O)[C@H](COc1cc(F)cc(F)c1)NC(=O)c1cc(C(=O)N[C@H](C)c2ccccc2)cc(N(C)S(C)(=O)=O)c1)OC. The fourth-order valence-corrected chi connectivity index (χ4v) is 5.09. The molecule has 3 N–H and O–H groups in total. The summed E-state index contributed by atoms with van der Waals surface area (Å²) < 4.78 is 69.8. The van der Waals surface area contributed by atoms with Gasteiger partial charge in [-0.05, 0) is 30.7 Å². The Morgan fingerprint density at radius 1 is 0.979 bits per heavy atom. The molecule has 14 heteroatoms. The summed E-state index contributed by atoms with van der Waals surface area (Å²) in [5.41, 5.74) is 0.753. The van der Waals surface area contributed by atoms with Crippen LogP contribution in [0.5, 0.6) is 5.75 Å². The highest BCUT2D eigenvalue weighted by molar-refractivity contribution is 7.92. The van der Waals surface area contributed by atoms with Gasteiger partial charge in [0, 0.05) is 49.9 Å². The van der Waals surface area contributed by atoms with Crippen molar-refractivity contribution in [1.82, 2.24) is 10.6 Å². The molecule has 3 aromatic carbocycles. The number of carbonyl (C=O) groups excluding carboxylic acids is 2. The average molecular weight is 690 g/mol. The Bertz CT molecular complexity index is 1640. The Morgan fingerprint density at radius 3 is 2.15 bits per heavy atom. The van der Waals surface area contributed by atoms with Crippen LogP contribution in [0.25, 0.3) is 0 Å². The number of methoxy groups -OCH3 is 1. The van der Waals surface area contributed by atoms with E-state index in [1.54, 1.807) is 13.0 Å². The molecule has 0 fully saturated rings. The maximum absolute atomic E-state index is 13.8. The van der Waals surface area contributed by atoms with Crippen molar-refractivity contribution in [2.75, 3.05) is 44.5 Å². The van der Waals surface area contributed by atoms with E-state index in [1.165, 1.54) is 32.4 Å². The molecule has 4 atom stereocenters. The average Bonchev–Trinajstić information content (AvgIpc) is 3.04. The molecular formula is C34H41F2N3O8S. The third-order valence-electron chi connectivity index (χ3n) is 7.37. The number of aliphatic hydroxyl groups is 1. The van der Waals surface area contributed by atoms with Crippen molar-refractivity contribution < 1.29 is 46.1 Å². The van der Waals surface area contributed by atoms with Crippen LogP contribution in [0.3, 0.4) is 0 Å². The highest BCUT2D eigenvalue weighted by Crippen LogP contribution is 2.23. The normalized spacial score (nSPS) is 13.9. The smallest absolute Gasteiger partial charge is 0.251 e. The molecular weight excluding hydrogens is 648 g/mol. The second kappa shape index (κ2) is 17.7. The van der Waals surface area contributed by atoms with Gasteiger partial charge in [0.1, 0.15) is 24.0 Å². The molecule has 0 spiro atoms. The third-order valence-corrected chi connectivity index (χ3v) is 8.58. The highest BCUT2D eigenvalue weighted by Gasteiger charge is 2.28. The third kappa shape index (κ3) is 11.4. The van der Waals surface area contributed by atoms with Gasteiger partial charge in [-0.2, -0.15) is 0 Å². The van der Waals surface area contributed by atoms with E-state index in [-0.39, 0.29) is 42.2 Å². The zero-order chi connectivity index (χ0) is 35.4. The van der Waals surface area contributed by atoms with Crippen LogP contribution in [0, 0.1) is 11.6 Å². The number of anilines is 1. The van der Waals surface area contributed by atoms with Crippen LogP contribution in [0.15, 0.2) is 79.4 Å². The summed E-state index contributed by atoms with van der Waals surface area (Å²) in [4.78, 5) is 27.1. The monoisotopic (exact) mass is 689 g/mol. The molecule has 48 heavy (non-hydrogen) atoms. The first-order chi connectivity index (χ1) is 22.7. The quantitative estimate of drug-likeness (QED) is 0.134. The van der Waals surface area contributed by atoms with Gasteiger partial charge in [-0.15, -0.1) is 6.58 Å². The predicted octanol–water partition coefficient (Wildman–Crippen LogP) is 4.00. The van der Waals surface area contributed by atoms with Gasteiger partial charge in [0.05, 0.1) is 49.4 Å². The standard InChI is InChI=1S/C34H41F2N3O8S/c1-6-12-46-20-30(45-4)19-32(40)31(21-47-29-17-26(35)16-27(36)18-29)38-34(42)25-13-24(14-28(15-25)39(3)48(5,43)44)33(41)37-22(2)23-10-8-7-9-11-23/h6-11,13-18,22,30-32,40H,1,12,19-21H2,2-5H3,(H,37,41)(H,38,42)/t22-,30-,31+,32?/m1/s1. The van der Waals surface area contributed by atoms with E-state index in [0.29, 0.717) is 6.07 Å². The molecule has 2 amide bonds. The second-order valence-electron chi connectivity index (χ2n) is 11.1. The van der Waals surface area contributed by atoms with Gasteiger partial charge < -0.3 is 30.0 Å². The minimum atomic E-state index is -3.80. The maximum atomic E-state index is 13.8. The number of sulfonamides is 1. The van der Waals surface area contributed by atoms with E-state index in [9.17, 15) is 31.9 Å². The van der Waals surface area contributed by atoms with Gasteiger partial charge >= 0.3 is 0 Å². The highest BCUT2D eigenvalue weighted by atomic mass is 32.2. The van der Waals surface area contributed by atoms with Crippen LogP contribution >= 0.6 is 0 Å². The molecule has 0 aliphatic carbocycles. The molecule has 0 radical (unpaired) electrons. The van der Waals surface area contributed by atoms with Crippen molar-refractivity contribution in [2.45, 2.75) is 37.6 Å². The minimum absolute atomic E-state index is 0.00155. The van der Waals surface area contributed by atoms with Crippen molar-refractivity contribution in [3.63, 3.8) is 0 Å². The van der Waals surface area contributed by atoms with Crippen molar-refractivity contribution in [3.8, 4) is 5.75 Å². The Hall–Kier alpha value is -4.37. The first-order valence-electron chi connectivity index (χ1n) is 15.0. The first kappa shape index (κ1) is 38.1. The Labute approximate surface area is 279 Å². The fourth-order valence-electron chi connectivity index (χ4n) is 4.60. The van der Waals surface area contributed by atoms with E-state index in [1.807, 2.05) is 30.3 Å². The number of ether oxygens (including phenoxy) is 3. The second-order valence-corrected chi connectivity index (χ2v) is 13.1. The molecule has 0 heterocycles. The summed E-state index contributed by atoms with van der Waals surface area (Å²) in [6.07, 6.45) is 0.549. The number of aliphatic hydroxyl groups excluding tert-OH is 1. The lowest BCUT2D eigenvalue weighted by Crippen LogP contribution is -2.48. The number of rotatable bonds is 18. The Kier molecular flexibility index (Phi) is 14.0. The van der Waals surface area contributed by atoms with E-state index < -0.39 is 64.4 Å². The zero-order valence-corrected chi connectivity index (χ0v) is 28.0. The Morgan fingerprint density at radius 2 is 1.58 bits per heavy atom. The van der Waals surface area contributed by atoms with Gasteiger partial charge in [-0.1, -0.05) is 36.4 Å². The number of nitrogens with one attached hydrogen (secondary N) is 2. The van der Waals surface area contributed by atoms with E-state index in [2.05, 4.69) is 17.2 Å². The van der Waals surface area contributed by atoms with Crippen LogP contribution in [0.4, 0.5) is 14.5 Å². The Balaban J connectivity index is 1.93. The van der Waals surface area contributed by atoms with Crippen molar-refractivity contribution >= 4 is 27.5 Å². The number of amides is 2. The lowest BCUT2D eigenvalue weighted by molar-refractivity contribution is -0.0218. The molecule has 0 saturated carbocycles. The molecule has 0 aliphatic rings. The van der Waals surface area contributed by atoms with Crippen LogP contribution in [-0.4, -0.2) is 83.8 Å². The summed E-state index contributed by atoms with van der Waals surface area (Å²) in [6.45, 7) is 5.26. The number of hydrogen-bond acceptors (Lipinski definition) is 8. The minimum Gasteiger partial charge on any atom is -0.491 e. The molecule has 3 aromatic rings. The first-order valence-corrected chi connectivity index (χ1v) is 16.8. The van der Waals surface area contributed by atoms with E-state index >= 15 is 0 Å². The van der Waals surface area contributed by atoms with Gasteiger partial charge in [0.25, 0.3) is 11.8 Å². The maximum Gasteiger partial charge on any atom is 0.251 e. The van der Waals surface area contributed by atoms with Crippen LogP contribution in [0.1, 0.15) is 45.7 Å². The molecule has 3 rings (SSSR count). The summed E-state index contributed by atoms with van der Waals surface area (Å²) in [5, 5.41) is 16.7. The van der Waals surface area contributed by atoms with E-state index in [0.717, 1.165) is 28.3 Å². The van der Waals surface area contributed by atoms with Crippen molar-refractivity contribution in [2.24, 2.45) is 0 Å². The number of halogens is 2. The number of nitrogens with zero attached hydrogens (tertiary/aromatic N) is 1. The molecule has 0 saturated heterocycles. The largest absolute Gasteiger partial charge is 0.491 e. The summed E-state index contributed by atoms with van der Waals surface area (Å²) in [5.74, 6) is -3.31. The number of hydrogen-bond donors (Lipinski definition) is 3. The lowest BCUT2D eigenvalue weighted by Gasteiger charge is -2.27.